The van der Waals surface area contributed by atoms with E-state index in [1.54, 1.807) is 11.3 Å². The Balaban J connectivity index is 2.44. The average molecular weight is 274 g/mol. The molecule has 0 saturated heterocycles. The van der Waals surface area contributed by atoms with Crippen LogP contribution in [-0.4, -0.2) is 12.0 Å². The molecule has 0 radical (unpaired) electrons. The van der Waals surface area contributed by atoms with Gasteiger partial charge in [0, 0.05) is 5.38 Å². The van der Waals surface area contributed by atoms with Gasteiger partial charge in [0.1, 0.15) is 5.01 Å². The van der Waals surface area contributed by atoms with Crippen molar-refractivity contribution in [3.63, 3.8) is 0 Å². The van der Waals surface area contributed by atoms with E-state index in [2.05, 4.69) is 56.6 Å². The molecule has 1 aromatic heterocycles. The van der Waals surface area contributed by atoms with Crippen molar-refractivity contribution in [2.75, 3.05) is 7.05 Å². The highest BCUT2D eigenvalue weighted by molar-refractivity contribution is 7.09. The second-order valence-electron chi connectivity index (χ2n) is 5.29. The summed E-state index contributed by atoms with van der Waals surface area (Å²) >= 11 is 1.75. The van der Waals surface area contributed by atoms with Gasteiger partial charge in [0.15, 0.2) is 0 Å². The molecule has 1 atom stereocenters. The first-order valence-corrected chi connectivity index (χ1v) is 7.61. The number of nitrogens with zero attached hydrogens (tertiary/aromatic N) is 1. The lowest BCUT2D eigenvalue weighted by Gasteiger charge is -2.19. The van der Waals surface area contributed by atoms with E-state index in [-0.39, 0.29) is 6.04 Å². The van der Waals surface area contributed by atoms with Crippen LogP contribution >= 0.6 is 11.3 Å². The third-order valence-corrected chi connectivity index (χ3v) is 4.43. The number of benzene rings is 1. The zero-order chi connectivity index (χ0) is 14.0. The first-order valence-electron chi connectivity index (χ1n) is 6.73. The van der Waals surface area contributed by atoms with Crippen LogP contribution in [0.3, 0.4) is 0 Å². The highest BCUT2D eigenvalue weighted by Gasteiger charge is 2.20. The maximum Gasteiger partial charge on any atom is 0.114 e. The molecule has 2 rings (SSSR count). The van der Waals surface area contributed by atoms with E-state index in [0.29, 0.717) is 5.92 Å². The molecule has 0 aliphatic carbocycles. The Morgan fingerprint density at radius 2 is 1.79 bits per heavy atom. The maximum absolute atomic E-state index is 4.80. The molecular weight excluding hydrogens is 252 g/mol. The van der Waals surface area contributed by atoms with Gasteiger partial charge in [-0.15, -0.1) is 11.3 Å². The Morgan fingerprint density at radius 1 is 1.16 bits per heavy atom. The van der Waals surface area contributed by atoms with Crippen LogP contribution in [0.25, 0.3) is 0 Å². The van der Waals surface area contributed by atoms with E-state index in [1.807, 2.05) is 7.05 Å². The Kier molecular flexibility index (Phi) is 4.38. The smallest absolute Gasteiger partial charge is 0.114 e. The number of rotatable bonds is 4. The van der Waals surface area contributed by atoms with Crippen molar-refractivity contribution in [1.82, 2.24) is 10.3 Å². The molecule has 0 bridgehead atoms. The molecule has 0 saturated carbocycles. The van der Waals surface area contributed by atoms with Crippen LogP contribution in [-0.2, 0) is 0 Å². The minimum Gasteiger partial charge on any atom is -0.307 e. The largest absolute Gasteiger partial charge is 0.307 e. The molecule has 0 fully saturated rings. The summed E-state index contributed by atoms with van der Waals surface area (Å²) in [6.45, 7) is 8.71. The summed E-state index contributed by atoms with van der Waals surface area (Å²) in [5.41, 5.74) is 5.18. The van der Waals surface area contributed by atoms with Crippen LogP contribution in [0.4, 0.5) is 0 Å². The molecule has 2 aromatic rings. The molecule has 0 aliphatic heterocycles. The quantitative estimate of drug-likeness (QED) is 0.904. The zero-order valence-corrected chi connectivity index (χ0v) is 13.1. The lowest BCUT2D eigenvalue weighted by molar-refractivity contribution is 0.671. The SMILES string of the molecule is CNC(c1nc(C(C)C)cs1)c1c(C)cccc1C. The fourth-order valence-corrected chi connectivity index (χ4v) is 3.47. The van der Waals surface area contributed by atoms with E-state index in [1.165, 1.54) is 22.4 Å². The highest BCUT2D eigenvalue weighted by Crippen LogP contribution is 2.30. The number of hydrogen-bond donors (Lipinski definition) is 1. The van der Waals surface area contributed by atoms with Gasteiger partial charge in [-0.1, -0.05) is 32.0 Å². The van der Waals surface area contributed by atoms with E-state index in [9.17, 15) is 0 Å². The number of hydrogen-bond acceptors (Lipinski definition) is 3. The Morgan fingerprint density at radius 3 is 2.26 bits per heavy atom. The van der Waals surface area contributed by atoms with Crippen molar-refractivity contribution in [1.29, 1.82) is 0 Å². The van der Waals surface area contributed by atoms with Gasteiger partial charge in [0.05, 0.1) is 11.7 Å². The molecule has 0 spiro atoms. The number of aromatic nitrogens is 1. The van der Waals surface area contributed by atoms with Crippen molar-refractivity contribution in [2.24, 2.45) is 0 Å². The summed E-state index contributed by atoms with van der Waals surface area (Å²) in [7, 11) is 2.01. The van der Waals surface area contributed by atoms with Crippen molar-refractivity contribution in [3.05, 3.63) is 51.0 Å². The summed E-state index contributed by atoms with van der Waals surface area (Å²) < 4.78 is 0. The van der Waals surface area contributed by atoms with Crippen LogP contribution in [0.5, 0.6) is 0 Å². The topological polar surface area (TPSA) is 24.9 Å². The van der Waals surface area contributed by atoms with Crippen LogP contribution in [0.2, 0.25) is 0 Å². The molecule has 0 aliphatic rings. The number of nitrogens with one attached hydrogen (secondary N) is 1. The van der Waals surface area contributed by atoms with Gasteiger partial charge in [-0.3, -0.25) is 0 Å². The first-order chi connectivity index (χ1) is 9.04. The zero-order valence-electron chi connectivity index (χ0n) is 12.3. The van der Waals surface area contributed by atoms with Gasteiger partial charge in [0.25, 0.3) is 0 Å². The van der Waals surface area contributed by atoms with Gasteiger partial charge in [-0.2, -0.15) is 0 Å². The van der Waals surface area contributed by atoms with E-state index < -0.39 is 0 Å². The van der Waals surface area contributed by atoms with Gasteiger partial charge in [0.2, 0.25) is 0 Å². The van der Waals surface area contributed by atoms with E-state index >= 15 is 0 Å². The molecule has 1 aromatic carbocycles. The van der Waals surface area contributed by atoms with Crippen LogP contribution in [0.1, 0.15) is 53.2 Å². The second kappa shape index (κ2) is 5.85. The molecule has 0 amide bonds. The molecule has 102 valence electrons. The predicted octanol–water partition coefficient (Wildman–Crippen LogP) is 4.19. The average Bonchev–Trinajstić information content (AvgIpc) is 2.83. The minimum atomic E-state index is 0.193. The Bertz CT molecular complexity index is 537. The van der Waals surface area contributed by atoms with Crippen LogP contribution in [0.15, 0.2) is 23.6 Å². The van der Waals surface area contributed by atoms with Gasteiger partial charge in [-0.25, -0.2) is 4.98 Å². The van der Waals surface area contributed by atoms with E-state index in [4.69, 9.17) is 4.98 Å². The van der Waals surface area contributed by atoms with Crippen molar-refractivity contribution in [2.45, 2.75) is 39.7 Å². The maximum atomic E-state index is 4.80. The van der Waals surface area contributed by atoms with Crippen molar-refractivity contribution < 1.29 is 0 Å². The van der Waals surface area contributed by atoms with E-state index in [0.717, 1.165) is 5.01 Å². The highest BCUT2D eigenvalue weighted by atomic mass is 32.1. The molecule has 19 heavy (non-hydrogen) atoms. The van der Waals surface area contributed by atoms with Gasteiger partial charge < -0.3 is 5.32 Å². The lowest BCUT2D eigenvalue weighted by Crippen LogP contribution is -2.19. The van der Waals surface area contributed by atoms with Crippen LogP contribution in [0, 0.1) is 13.8 Å². The standard InChI is InChI=1S/C16H22N2S/c1-10(2)13-9-19-16(18-13)15(17-5)14-11(3)7-6-8-12(14)4/h6-10,15,17H,1-5H3. The molecule has 2 nitrogen and oxygen atoms in total. The fourth-order valence-electron chi connectivity index (χ4n) is 2.37. The third-order valence-electron chi connectivity index (χ3n) is 3.50. The molecule has 1 N–H and O–H groups in total. The molecule has 1 unspecified atom stereocenters. The Hall–Kier alpha value is -1.19. The Labute approximate surface area is 119 Å². The first kappa shape index (κ1) is 14.2. The molecule has 1 heterocycles. The number of thiazole rings is 1. The van der Waals surface area contributed by atoms with Gasteiger partial charge >= 0.3 is 0 Å². The second-order valence-corrected chi connectivity index (χ2v) is 6.18. The van der Waals surface area contributed by atoms with Crippen molar-refractivity contribution >= 4 is 11.3 Å². The van der Waals surface area contributed by atoms with Gasteiger partial charge in [-0.05, 0) is 43.5 Å². The normalized spacial score (nSPS) is 12.9. The summed E-state index contributed by atoms with van der Waals surface area (Å²) in [6, 6.07) is 6.65. The molecular formula is C16H22N2S. The summed E-state index contributed by atoms with van der Waals surface area (Å²) in [4.78, 5) is 4.80. The van der Waals surface area contributed by atoms with Crippen molar-refractivity contribution in [3.8, 4) is 0 Å². The molecule has 3 heteroatoms. The van der Waals surface area contributed by atoms with Crippen LogP contribution < -0.4 is 5.32 Å². The summed E-state index contributed by atoms with van der Waals surface area (Å²) in [5, 5.41) is 6.75. The fraction of sp³-hybridized carbons (Fsp3) is 0.438. The predicted molar refractivity (Wildman–Crippen MR) is 83.0 cm³/mol. The number of aryl methyl sites for hydroxylation is 2. The summed E-state index contributed by atoms with van der Waals surface area (Å²) in [5.74, 6) is 0.487. The minimum absolute atomic E-state index is 0.193. The monoisotopic (exact) mass is 274 g/mol. The summed E-state index contributed by atoms with van der Waals surface area (Å²) in [6.07, 6.45) is 0. The lowest BCUT2D eigenvalue weighted by atomic mass is 9.96. The third kappa shape index (κ3) is 2.88.